The van der Waals surface area contributed by atoms with Gasteiger partial charge in [0.15, 0.2) is 0 Å². The molecule has 6 heteroatoms. The minimum Gasteiger partial charge on any atom is -0.384 e. The SMILES string of the molecule is Cc1cc(N)n(-c2ccccc2)n1.Cc1nn(Cc2ccccc2)c(N)c1C1=CCCCC1. The van der Waals surface area contributed by atoms with E-state index < -0.39 is 0 Å². The van der Waals surface area contributed by atoms with E-state index in [-0.39, 0.29) is 0 Å². The highest BCUT2D eigenvalue weighted by Gasteiger charge is 2.17. The maximum atomic E-state index is 6.34. The van der Waals surface area contributed by atoms with Gasteiger partial charge in [0.1, 0.15) is 11.6 Å². The molecule has 2 heterocycles. The number of hydrogen-bond donors (Lipinski definition) is 2. The predicted octanol–water partition coefficient (Wildman–Crippen LogP) is 5.54. The van der Waals surface area contributed by atoms with Crippen molar-refractivity contribution in [3.8, 4) is 5.69 Å². The third-order valence-electron chi connectivity index (χ3n) is 5.81. The van der Waals surface area contributed by atoms with Crippen molar-refractivity contribution in [2.24, 2.45) is 0 Å². The van der Waals surface area contributed by atoms with Crippen molar-refractivity contribution < 1.29 is 0 Å². The minimum absolute atomic E-state index is 0.670. The number of aryl methyl sites for hydroxylation is 2. The van der Waals surface area contributed by atoms with E-state index in [1.165, 1.54) is 29.5 Å². The molecule has 0 unspecified atom stereocenters. The lowest BCUT2D eigenvalue weighted by atomic mass is 9.93. The largest absolute Gasteiger partial charge is 0.384 e. The van der Waals surface area contributed by atoms with Crippen LogP contribution in [0.15, 0.2) is 72.8 Å². The van der Waals surface area contributed by atoms with E-state index in [4.69, 9.17) is 11.5 Å². The zero-order chi connectivity index (χ0) is 23.2. The first kappa shape index (κ1) is 22.4. The van der Waals surface area contributed by atoms with Gasteiger partial charge in [0.25, 0.3) is 0 Å². The smallest absolute Gasteiger partial charge is 0.129 e. The number of para-hydroxylation sites is 1. The van der Waals surface area contributed by atoms with E-state index >= 15 is 0 Å². The second-order valence-electron chi connectivity index (χ2n) is 8.42. The summed E-state index contributed by atoms with van der Waals surface area (Å²) >= 11 is 0. The normalized spacial score (nSPS) is 13.2. The number of aromatic nitrogens is 4. The highest BCUT2D eigenvalue weighted by molar-refractivity contribution is 5.75. The van der Waals surface area contributed by atoms with Gasteiger partial charge in [0.2, 0.25) is 0 Å². The molecular formula is C27H32N6. The van der Waals surface area contributed by atoms with Crippen LogP contribution in [0.25, 0.3) is 11.3 Å². The first-order valence-corrected chi connectivity index (χ1v) is 11.5. The summed E-state index contributed by atoms with van der Waals surface area (Å²) in [6, 6.07) is 22.0. The number of rotatable bonds is 4. The Balaban J connectivity index is 0.000000172. The van der Waals surface area contributed by atoms with Crippen LogP contribution in [0.1, 0.15) is 48.2 Å². The Kier molecular flexibility index (Phi) is 6.93. The molecule has 1 aliphatic rings. The highest BCUT2D eigenvalue weighted by Crippen LogP contribution is 2.32. The van der Waals surface area contributed by atoms with Gasteiger partial charge >= 0.3 is 0 Å². The fourth-order valence-electron chi connectivity index (χ4n) is 4.23. The third-order valence-corrected chi connectivity index (χ3v) is 5.81. The van der Waals surface area contributed by atoms with Crippen molar-refractivity contribution in [2.75, 3.05) is 11.5 Å². The lowest BCUT2D eigenvalue weighted by Crippen LogP contribution is -2.06. The molecule has 6 nitrogen and oxygen atoms in total. The van der Waals surface area contributed by atoms with Crippen LogP contribution in [0.5, 0.6) is 0 Å². The van der Waals surface area contributed by atoms with E-state index in [2.05, 4.69) is 35.3 Å². The van der Waals surface area contributed by atoms with Crippen molar-refractivity contribution in [3.63, 3.8) is 0 Å². The van der Waals surface area contributed by atoms with Crippen LogP contribution >= 0.6 is 0 Å². The van der Waals surface area contributed by atoms with Gasteiger partial charge in [0.05, 0.1) is 23.6 Å². The number of nitrogens with zero attached hydrogens (tertiary/aromatic N) is 4. The Morgan fingerprint density at radius 1 is 0.879 bits per heavy atom. The standard InChI is InChI=1S/C17H21N3.C10H11N3/c1-13-16(15-10-6-3-7-11-15)17(18)20(19-13)12-14-8-4-2-5-9-14;1-8-7-10(11)13(12-8)9-5-3-2-4-6-9/h2,4-5,8-10H,3,6-7,11-12,18H2,1H3;2-7H,11H2,1H3. The van der Waals surface area contributed by atoms with Crippen molar-refractivity contribution in [1.82, 2.24) is 19.6 Å². The maximum Gasteiger partial charge on any atom is 0.129 e. The number of anilines is 2. The van der Waals surface area contributed by atoms with Gasteiger partial charge < -0.3 is 11.5 Å². The lowest BCUT2D eigenvalue weighted by molar-refractivity contribution is 0.689. The molecule has 0 fully saturated rings. The number of nitrogens with two attached hydrogens (primary N) is 2. The number of nitrogen functional groups attached to an aromatic ring is 2. The fraction of sp³-hybridized carbons (Fsp3) is 0.259. The Morgan fingerprint density at radius 3 is 2.18 bits per heavy atom. The van der Waals surface area contributed by atoms with Gasteiger partial charge in [-0.3, -0.25) is 0 Å². The zero-order valence-electron chi connectivity index (χ0n) is 19.4. The fourth-order valence-corrected chi connectivity index (χ4v) is 4.23. The van der Waals surface area contributed by atoms with Crippen LogP contribution in [0.2, 0.25) is 0 Å². The van der Waals surface area contributed by atoms with Crippen LogP contribution in [-0.4, -0.2) is 19.6 Å². The molecule has 0 aliphatic heterocycles. The summed E-state index contributed by atoms with van der Waals surface area (Å²) in [4.78, 5) is 0. The molecule has 0 radical (unpaired) electrons. The van der Waals surface area contributed by atoms with Crippen LogP contribution in [-0.2, 0) is 6.54 Å². The van der Waals surface area contributed by atoms with Crippen molar-refractivity contribution in [1.29, 1.82) is 0 Å². The van der Waals surface area contributed by atoms with Gasteiger partial charge in [0, 0.05) is 11.6 Å². The Bertz CT molecular complexity index is 1220. The van der Waals surface area contributed by atoms with E-state index in [1.54, 1.807) is 4.68 Å². The molecule has 2 aromatic carbocycles. The van der Waals surface area contributed by atoms with Crippen molar-refractivity contribution in [3.05, 3.63) is 95.3 Å². The minimum atomic E-state index is 0.670. The Morgan fingerprint density at radius 2 is 1.58 bits per heavy atom. The van der Waals surface area contributed by atoms with Crippen LogP contribution in [0.4, 0.5) is 11.6 Å². The molecule has 170 valence electrons. The molecular weight excluding hydrogens is 408 g/mol. The average Bonchev–Trinajstić information content (AvgIpc) is 3.32. The molecule has 2 aromatic heterocycles. The monoisotopic (exact) mass is 440 g/mol. The maximum absolute atomic E-state index is 6.34. The van der Waals surface area contributed by atoms with E-state index in [1.807, 2.05) is 66.2 Å². The molecule has 5 rings (SSSR count). The third kappa shape index (κ3) is 5.34. The molecule has 0 atom stereocenters. The van der Waals surface area contributed by atoms with Crippen molar-refractivity contribution in [2.45, 2.75) is 46.1 Å². The van der Waals surface area contributed by atoms with Crippen molar-refractivity contribution >= 4 is 17.2 Å². The molecule has 0 spiro atoms. The van der Waals surface area contributed by atoms with Gasteiger partial charge in [-0.1, -0.05) is 54.6 Å². The molecule has 0 amide bonds. The van der Waals surface area contributed by atoms with Crippen LogP contribution < -0.4 is 11.5 Å². The predicted molar refractivity (Wildman–Crippen MR) is 136 cm³/mol. The number of hydrogen-bond acceptors (Lipinski definition) is 4. The van der Waals surface area contributed by atoms with E-state index in [0.717, 1.165) is 42.3 Å². The summed E-state index contributed by atoms with van der Waals surface area (Å²) in [7, 11) is 0. The number of benzene rings is 2. The summed E-state index contributed by atoms with van der Waals surface area (Å²) < 4.78 is 3.66. The van der Waals surface area contributed by atoms with Gasteiger partial charge in [-0.15, -0.1) is 0 Å². The van der Waals surface area contributed by atoms with Crippen LogP contribution in [0, 0.1) is 13.8 Å². The Hall–Kier alpha value is -3.80. The number of allylic oxidation sites excluding steroid dienone is 2. The summed E-state index contributed by atoms with van der Waals surface area (Å²) in [6.07, 6.45) is 7.17. The van der Waals surface area contributed by atoms with E-state index in [9.17, 15) is 0 Å². The molecule has 4 aromatic rings. The molecule has 0 bridgehead atoms. The Labute approximate surface area is 195 Å². The van der Waals surface area contributed by atoms with Gasteiger partial charge in [-0.05, 0) is 62.8 Å². The van der Waals surface area contributed by atoms with Crippen LogP contribution in [0.3, 0.4) is 0 Å². The highest BCUT2D eigenvalue weighted by atomic mass is 15.3. The summed E-state index contributed by atoms with van der Waals surface area (Å²) in [5, 5.41) is 8.90. The second-order valence-corrected chi connectivity index (χ2v) is 8.42. The second kappa shape index (κ2) is 10.2. The summed E-state index contributed by atoms with van der Waals surface area (Å²) in [6.45, 7) is 4.72. The first-order valence-electron chi connectivity index (χ1n) is 11.5. The summed E-state index contributed by atoms with van der Waals surface area (Å²) in [5.74, 6) is 1.48. The summed E-state index contributed by atoms with van der Waals surface area (Å²) in [5.41, 5.74) is 18.9. The average molecular weight is 441 g/mol. The molecule has 33 heavy (non-hydrogen) atoms. The zero-order valence-corrected chi connectivity index (χ0v) is 19.4. The molecule has 0 saturated carbocycles. The van der Waals surface area contributed by atoms with Gasteiger partial charge in [-0.25, -0.2) is 9.36 Å². The quantitative estimate of drug-likeness (QED) is 0.436. The van der Waals surface area contributed by atoms with E-state index in [0.29, 0.717) is 5.82 Å². The lowest BCUT2D eigenvalue weighted by Gasteiger charge is -2.13. The molecule has 4 N–H and O–H groups in total. The molecule has 1 aliphatic carbocycles. The molecule has 0 saturated heterocycles. The topological polar surface area (TPSA) is 87.7 Å². The van der Waals surface area contributed by atoms with Gasteiger partial charge in [-0.2, -0.15) is 10.2 Å². The first-order chi connectivity index (χ1) is 16.0.